The second-order valence-electron chi connectivity index (χ2n) is 8.15. The monoisotopic (exact) mass is 265 g/mol. The van der Waals surface area contributed by atoms with Gasteiger partial charge in [0.1, 0.15) is 0 Å². The third-order valence-electron chi connectivity index (χ3n) is 6.14. The molecule has 2 heteroatoms. The van der Waals surface area contributed by atoms with E-state index >= 15 is 0 Å². The van der Waals surface area contributed by atoms with Gasteiger partial charge in [0.15, 0.2) is 0 Å². The molecule has 2 aliphatic carbocycles. The van der Waals surface area contributed by atoms with Crippen LogP contribution in [0.3, 0.4) is 0 Å². The first-order chi connectivity index (χ1) is 9.03. The van der Waals surface area contributed by atoms with Crippen molar-refractivity contribution in [2.45, 2.75) is 77.9 Å². The van der Waals surface area contributed by atoms with Crippen LogP contribution in [0.2, 0.25) is 0 Å². The Morgan fingerprint density at radius 1 is 1.05 bits per heavy atom. The Balaban J connectivity index is 1.57. The van der Waals surface area contributed by atoms with Crippen molar-refractivity contribution < 1.29 is 4.74 Å². The van der Waals surface area contributed by atoms with Gasteiger partial charge >= 0.3 is 0 Å². The lowest BCUT2D eigenvalue weighted by atomic mass is 9.55. The quantitative estimate of drug-likeness (QED) is 0.839. The highest BCUT2D eigenvalue weighted by Gasteiger charge is 2.57. The summed E-state index contributed by atoms with van der Waals surface area (Å²) in [5.74, 6) is 0.774. The van der Waals surface area contributed by atoms with E-state index in [1.54, 1.807) is 0 Å². The summed E-state index contributed by atoms with van der Waals surface area (Å²) < 4.78 is 6.00. The number of hydrogen-bond donors (Lipinski definition) is 1. The Labute approximate surface area is 118 Å². The summed E-state index contributed by atoms with van der Waals surface area (Å²) >= 11 is 0. The van der Waals surface area contributed by atoms with E-state index in [0.717, 1.165) is 12.5 Å². The summed E-state index contributed by atoms with van der Waals surface area (Å²) in [6, 6.07) is 0.677. The highest BCUT2D eigenvalue weighted by Crippen LogP contribution is 2.51. The van der Waals surface area contributed by atoms with E-state index in [0.29, 0.717) is 23.0 Å². The SMILES string of the molecule is CC1(CNC2C3CCCOC3C2(C)C)CCCCC1. The van der Waals surface area contributed by atoms with Crippen LogP contribution in [0.1, 0.15) is 65.7 Å². The molecule has 3 rings (SSSR count). The second kappa shape index (κ2) is 5.04. The van der Waals surface area contributed by atoms with Gasteiger partial charge in [-0.2, -0.15) is 0 Å². The summed E-state index contributed by atoms with van der Waals surface area (Å²) in [7, 11) is 0. The molecule has 0 spiro atoms. The number of ether oxygens (including phenoxy) is 1. The molecule has 0 aromatic rings. The normalized spacial score (nSPS) is 40.3. The van der Waals surface area contributed by atoms with Gasteiger partial charge < -0.3 is 10.1 Å². The van der Waals surface area contributed by atoms with Crippen LogP contribution in [0, 0.1) is 16.7 Å². The fourth-order valence-electron chi connectivity index (χ4n) is 4.88. The molecule has 1 aliphatic heterocycles. The van der Waals surface area contributed by atoms with Crippen molar-refractivity contribution in [3.63, 3.8) is 0 Å². The lowest BCUT2D eigenvalue weighted by Crippen LogP contribution is -2.70. The summed E-state index contributed by atoms with van der Waals surface area (Å²) in [4.78, 5) is 0. The molecule has 0 amide bonds. The molecular weight excluding hydrogens is 234 g/mol. The minimum atomic E-state index is 0.329. The van der Waals surface area contributed by atoms with Gasteiger partial charge in [-0.3, -0.25) is 0 Å². The van der Waals surface area contributed by atoms with E-state index in [1.165, 1.54) is 51.5 Å². The molecule has 1 N–H and O–H groups in total. The average molecular weight is 265 g/mol. The Bertz CT molecular complexity index is 319. The van der Waals surface area contributed by atoms with E-state index in [9.17, 15) is 0 Å². The first-order valence-corrected chi connectivity index (χ1v) is 8.38. The zero-order chi connectivity index (χ0) is 13.5. The van der Waals surface area contributed by atoms with E-state index < -0.39 is 0 Å². The van der Waals surface area contributed by atoms with Gasteiger partial charge in [0, 0.05) is 30.5 Å². The van der Waals surface area contributed by atoms with E-state index in [1.807, 2.05) is 0 Å². The molecule has 0 aromatic carbocycles. The predicted octanol–water partition coefficient (Wildman–Crippen LogP) is 3.75. The predicted molar refractivity (Wildman–Crippen MR) is 79.2 cm³/mol. The Hall–Kier alpha value is -0.0800. The molecule has 19 heavy (non-hydrogen) atoms. The standard InChI is InChI=1S/C17H31NO/c1-16(2)14(13-8-7-11-19-15(13)16)18-12-17(3)9-5-4-6-10-17/h13-15,18H,4-12H2,1-3H3. The van der Waals surface area contributed by atoms with Gasteiger partial charge in [-0.05, 0) is 31.1 Å². The van der Waals surface area contributed by atoms with Crippen molar-refractivity contribution in [3.8, 4) is 0 Å². The van der Waals surface area contributed by atoms with Gasteiger partial charge in [-0.15, -0.1) is 0 Å². The zero-order valence-electron chi connectivity index (χ0n) is 13.0. The maximum absolute atomic E-state index is 6.00. The van der Waals surface area contributed by atoms with Crippen LogP contribution in [-0.2, 0) is 4.74 Å². The van der Waals surface area contributed by atoms with Crippen molar-refractivity contribution in [3.05, 3.63) is 0 Å². The summed E-state index contributed by atoms with van der Waals surface area (Å²) in [5.41, 5.74) is 0.880. The fourth-order valence-corrected chi connectivity index (χ4v) is 4.88. The third kappa shape index (κ3) is 2.47. The minimum absolute atomic E-state index is 0.329. The summed E-state index contributed by atoms with van der Waals surface area (Å²) in [6.07, 6.45) is 10.3. The number of fused-ring (bicyclic) bond motifs is 1. The zero-order valence-corrected chi connectivity index (χ0v) is 13.0. The van der Waals surface area contributed by atoms with Gasteiger partial charge in [-0.25, -0.2) is 0 Å². The van der Waals surface area contributed by atoms with Crippen LogP contribution in [0.25, 0.3) is 0 Å². The highest BCUT2D eigenvalue weighted by molar-refractivity contribution is 5.10. The largest absolute Gasteiger partial charge is 0.377 e. The molecular formula is C17H31NO. The highest BCUT2D eigenvalue weighted by atomic mass is 16.5. The molecule has 3 unspecified atom stereocenters. The molecule has 110 valence electrons. The van der Waals surface area contributed by atoms with Gasteiger partial charge in [0.25, 0.3) is 0 Å². The van der Waals surface area contributed by atoms with Crippen molar-refractivity contribution in [2.24, 2.45) is 16.7 Å². The summed E-state index contributed by atoms with van der Waals surface area (Å²) in [6.45, 7) is 9.46. The van der Waals surface area contributed by atoms with Crippen LogP contribution in [-0.4, -0.2) is 25.3 Å². The van der Waals surface area contributed by atoms with E-state index in [-0.39, 0.29) is 0 Å². The fraction of sp³-hybridized carbons (Fsp3) is 1.00. The lowest BCUT2D eigenvalue weighted by Gasteiger charge is -2.60. The maximum atomic E-state index is 6.00. The van der Waals surface area contributed by atoms with Crippen molar-refractivity contribution in [1.29, 1.82) is 0 Å². The molecule has 0 bridgehead atoms. The lowest BCUT2D eigenvalue weighted by molar-refractivity contribution is -0.193. The molecule has 2 saturated carbocycles. The smallest absolute Gasteiger partial charge is 0.0684 e. The van der Waals surface area contributed by atoms with Crippen LogP contribution < -0.4 is 5.32 Å². The average Bonchev–Trinajstić information content (AvgIpc) is 2.39. The minimum Gasteiger partial charge on any atom is -0.377 e. The third-order valence-corrected chi connectivity index (χ3v) is 6.14. The topological polar surface area (TPSA) is 21.3 Å². The van der Waals surface area contributed by atoms with Crippen LogP contribution in [0.15, 0.2) is 0 Å². The molecule has 0 aromatic heterocycles. The first-order valence-electron chi connectivity index (χ1n) is 8.38. The van der Waals surface area contributed by atoms with E-state index in [4.69, 9.17) is 4.74 Å². The van der Waals surface area contributed by atoms with Crippen LogP contribution in [0.5, 0.6) is 0 Å². The molecule has 1 heterocycles. The molecule has 1 saturated heterocycles. The first kappa shape index (κ1) is 13.9. The number of rotatable bonds is 3. The molecule has 0 radical (unpaired) electrons. The number of hydrogen-bond acceptors (Lipinski definition) is 2. The molecule has 3 fully saturated rings. The summed E-state index contributed by atoms with van der Waals surface area (Å²) in [5, 5.41) is 3.94. The number of nitrogens with one attached hydrogen (secondary N) is 1. The van der Waals surface area contributed by atoms with Crippen molar-refractivity contribution in [2.75, 3.05) is 13.2 Å². The maximum Gasteiger partial charge on any atom is 0.0684 e. The molecule has 3 aliphatic rings. The Morgan fingerprint density at radius 3 is 2.53 bits per heavy atom. The van der Waals surface area contributed by atoms with Crippen LogP contribution >= 0.6 is 0 Å². The Kier molecular flexibility index (Phi) is 3.68. The molecule has 3 atom stereocenters. The van der Waals surface area contributed by atoms with Crippen LogP contribution in [0.4, 0.5) is 0 Å². The van der Waals surface area contributed by atoms with Gasteiger partial charge in [-0.1, -0.05) is 40.0 Å². The van der Waals surface area contributed by atoms with Gasteiger partial charge in [0.05, 0.1) is 6.10 Å². The van der Waals surface area contributed by atoms with Gasteiger partial charge in [0.2, 0.25) is 0 Å². The Morgan fingerprint density at radius 2 is 1.79 bits per heavy atom. The second-order valence-corrected chi connectivity index (χ2v) is 8.15. The van der Waals surface area contributed by atoms with Crippen molar-refractivity contribution in [1.82, 2.24) is 5.32 Å². The molecule has 2 nitrogen and oxygen atoms in total. The van der Waals surface area contributed by atoms with Crippen molar-refractivity contribution >= 4 is 0 Å². The van der Waals surface area contributed by atoms with E-state index in [2.05, 4.69) is 26.1 Å².